The van der Waals surface area contributed by atoms with Crippen molar-refractivity contribution in [3.05, 3.63) is 52.1 Å². The van der Waals surface area contributed by atoms with Crippen molar-refractivity contribution in [3.8, 4) is 5.75 Å². The molecule has 2 aromatic carbocycles. The third kappa shape index (κ3) is 3.50. The van der Waals surface area contributed by atoms with Crippen LogP contribution in [0.2, 0.25) is 0 Å². The molecule has 5 nitrogen and oxygen atoms in total. The van der Waals surface area contributed by atoms with Crippen LogP contribution in [0.5, 0.6) is 5.75 Å². The van der Waals surface area contributed by atoms with Crippen LogP contribution in [-0.4, -0.2) is 24.0 Å². The van der Waals surface area contributed by atoms with Crippen LogP contribution in [0.3, 0.4) is 0 Å². The summed E-state index contributed by atoms with van der Waals surface area (Å²) in [5.41, 5.74) is 3.87. The van der Waals surface area contributed by atoms with Gasteiger partial charge < -0.3 is 15.2 Å². The van der Waals surface area contributed by atoms with Gasteiger partial charge in [-0.25, -0.2) is 4.79 Å². The number of carbonyl (C=O) groups excluding carboxylic acids is 2. The fraction of sp³-hybridized carbons (Fsp3) is 0.300. The van der Waals surface area contributed by atoms with Crippen LogP contribution in [0.4, 0.5) is 11.4 Å². The fourth-order valence-corrected chi connectivity index (χ4v) is 2.72. The maximum absolute atomic E-state index is 12.5. The van der Waals surface area contributed by atoms with Gasteiger partial charge in [0, 0.05) is 12.1 Å². The smallest absolute Gasteiger partial charge is 0.341 e. The lowest BCUT2D eigenvalue weighted by molar-refractivity contribution is 0.0596. The predicted molar refractivity (Wildman–Crippen MR) is 98.0 cm³/mol. The number of carbonyl (C=O) groups is 2. The first-order valence-electron chi connectivity index (χ1n) is 8.13. The van der Waals surface area contributed by atoms with Gasteiger partial charge in [0.25, 0.3) is 0 Å². The SMILES string of the molecule is CCC(=O)c1c(O)c(C(=O)OC)c(C)c(C)c1Nc1ccc(C)cc1. The Bertz CT molecular complexity index is 823. The molecule has 0 atom stereocenters. The summed E-state index contributed by atoms with van der Waals surface area (Å²) in [6, 6.07) is 7.70. The number of ether oxygens (including phenoxy) is 1. The molecule has 0 aromatic heterocycles. The second kappa shape index (κ2) is 7.38. The number of hydrogen-bond donors (Lipinski definition) is 2. The minimum absolute atomic E-state index is 0.0336. The summed E-state index contributed by atoms with van der Waals surface area (Å²) in [6.07, 6.45) is 0.208. The zero-order valence-electron chi connectivity index (χ0n) is 15.2. The number of anilines is 2. The molecule has 0 spiro atoms. The lowest BCUT2D eigenvalue weighted by atomic mass is 9.92. The molecule has 5 heteroatoms. The van der Waals surface area contributed by atoms with Crippen LogP contribution in [-0.2, 0) is 4.74 Å². The molecule has 0 radical (unpaired) electrons. The van der Waals surface area contributed by atoms with Crippen LogP contribution in [0.15, 0.2) is 24.3 Å². The lowest BCUT2D eigenvalue weighted by Crippen LogP contribution is -2.13. The van der Waals surface area contributed by atoms with E-state index in [0.717, 1.165) is 16.8 Å². The van der Waals surface area contributed by atoms with Gasteiger partial charge in [0.05, 0.1) is 18.4 Å². The quantitative estimate of drug-likeness (QED) is 0.621. The molecule has 0 aliphatic carbocycles. The Kier molecular flexibility index (Phi) is 5.47. The molecule has 2 rings (SSSR count). The number of ketones is 1. The van der Waals surface area contributed by atoms with E-state index in [9.17, 15) is 14.7 Å². The van der Waals surface area contributed by atoms with E-state index in [1.54, 1.807) is 13.8 Å². The molecule has 0 bridgehead atoms. The van der Waals surface area contributed by atoms with Gasteiger partial charge in [-0.2, -0.15) is 0 Å². The highest BCUT2D eigenvalue weighted by atomic mass is 16.5. The van der Waals surface area contributed by atoms with Gasteiger partial charge in [0.2, 0.25) is 0 Å². The Morgan fingerprint density at radius 2 is 1.64 bits per heavy atom. The molecular weight excluding hydrogens is 318 g/mol. The number of phenolic OH excluding ortho intramolecular Hbond substituents is 1. The molecule has 0 heterocycles. The van der Waals surface area contributed by atoms with Crippen molar-refractivity contribution >= 4 is 23.1 Å². The van der Waals surface area contributed by atoms with E-state index in [1.165, 1.54) is 7.11 Å². The Labute approximate surface area is 147 Å². The Morgan fingerprint density at radius 1 is 1.04 bits per heavy atom. The number of methoxy groups -OCH3 is 1. The number of aryl methyl sites for hydroxylation is 1. The minimum Gasteiger partial charge on any atom is -0.506 e. The lowest BCUT2D eigenvalue weighted by Gasteiger charge is -2.20. The van der Waals surface area contributed by atoms with Gasteiger partial charge in [0.1, 0.15) is 11.3 Å². The largest absolute Gasteiger partial charge is 0.506 e. The number of nitrogens with one attached hydrogen (secondary N) is 1. The molecule has 0 unspecified atom stereocenters. The van der Waals surface area contributed by atoms with Gasteiger partial charge >= 0.3 is 5.97 Å². The minimum atomic E-state index is -0.662. The molecule has 0 saturated carbocycles. The highest BCUT2D eigenvalue weighted by Crippen LogP contribution is 2.39. The number of benzene rings is 2. The first kappa shape index (κ1) is 18.5. The molecule has 0 aliphatic heterocycles. The standard InChI is InChI=1S/C20H23NO4/c1-6-15(22)17-18(21-14-9-7-11(2)8-10-14)13(4)12(3)16(19(17)23)20(24)25-5/h7-10,21,23H,6H2,1-5H3. The maximum Gasteiger partial charge on any atom is 0.341 e. The van der Waals surface area contributed by atoms with Gasteiger partial charge in [0.15, 0.2) is 5.78 Å². The summed E-state index contributed by atoms with van der Waals surface area (Å²) in [4.78, 5) is 24.5. The van der Waals surface area contributed by atoms with Gasteiger partial charge in [-0.3, -0.25) is 4.79 Å². The van der Waals surface area contributed by atoms with Gasteiger partial charge in [-0.15, -0.1) is 0 Å². The average Bonchev–Trinajstić information content (AvgIpc) is 2.60. The predicted octanol–water partition coefficient (Wildman–Crippen LogP) is 4.44. The average molecular weight is 341 g/mol. The molecule has 0 fully saturated rings. The Hall–Kier alpha value is -2.82. The third-order valence-electron chi connectivity index (χ3n) is 4.35. The monoisotopic (exact) mass is 341 g/mol. The molecule has 2 N–H and O–H groups in total. The van der Waals surface area contributed by atoms with Crippen LogP contribution in [0, 0.1) is 20.8 Å². The third-order valence-corrected chi connectivity index (χ3v) is 4.35. The first-order valence-corrected chi connectivity index (χ1v) is 8.13. The van der Waals surface area contributed by atoms with Crippen molar-refractivity contribution in [1.82, 2.24) is 0 Å². The van der Waals surface area contributed by atoms with E-state index in [4.69, 9.17) is 4.74 Å². The second-order valence-electron chi connectivity index (χ2n) is 5.98. The normalized spacial score (nSPS) is 10.4. The van der Waals surface area contributed by atoms with Crippen molar-refractivity contribution in [3.63, 3.8) is 0 Å². The topological polar surface area (TPSA) is 75.6 Å². The highest BCUT2D eigenvalue weighted by molar-refractivity contribution is 6.09. The van der Waals surface area contributed by atoms with Crippen molar-refractivity contribution < 1.29 is 19.4 Å². The molecule has 0 amide bonds. The molecule has 25 heavy (non-hydrogen) atoms. The number of esters is 1. The van der Waals surface area contributed by atoms with E-state index in [0.29, 0.717) is 11.3 Å². The van der Waals surface area contributed by atoms with Gasteiger partial charge in [-0.05, 0) is 44.0 Å². The zero-order valence-corrected chi connectivity index (χ0v) is 15.2. The number of hydrogen-bond acceptors (Lipinski definition) is 5. The van der Waals surface area contributed by atoms with E-state index in [1.807, 2.05) is 38.1 Å². The number of aromatic hydroxyl groups is 1. The van der Waals surface area contributed by atoms with Crippen LogP contribution < -0.4 is 5.32 Å². The zero-order chi connectivity index (χ0) is 18.7. The van der Waals surface area contributed by atoms with Crippen LogP contribution >= 0.6 is 0 Å². The van der Waals surface area contributed by atoms with Crippen molar-refractivity contribution in [2.75, 3.05) is 12.4 Å². The summed E-state index contributed by atoms with van der Waals surface area (Å²) in [6.45, 7) is 7.23. The number of phenols is 1. The summed E-state index contributed by atoms with van der Waals surface area (Å²) in [7, 11) is 1.25. The fourth-order valence-electron chi connectivity index (χ4n) is 2.72. The first-order chi connectivity index (χ1) is 11.8. The molecule has 0 saturated heterocycles. The van der Waals surface area contributed by atoms with E-state index < -0.39 is 5.97 Å². The van der Waals surface area contributed by atoms with Crippen LogP contribution in [0.1, 0.15) is 50.8 Å². The van der Waals surface area contributed by atoms with Crippen molar-refractivity contribution in [2.45, 2.75) is 34.1 Å². The van der Waals surface area contributed by atoms with E-state index >= 15 is 0 Å². The highest BCUT2D eigenvalue weighted by Gasteiger charge is 2.27. The van der Waals surface area contributed by atoms with Crippen LogP contribution in [0.25, 0.3) is 0 Å². The summed E-state index contributed by atoms with van der Waals surface area (Å²) >= 11 is 0. The van der Waals surface area contributed by atoms with Crippen molar-refractivity contribution in [2.24, 2.45) is 0 Å². The Balaban J connectivity index is 2.71. The summed E-state index contributed by atoms with van der Waals surface area (Å²) < 4.78 is 4.76. The summed E-state index contributed by atoms with van der Waals surface area (Å²) in [5.74, 6) is -1.25. The molecule has 2 aromatic rings. The van der Waals surface area contributed by atoms with Gasteiger partial charge in [-0.1, -0.05) is 24.6 Å². The number of Topliss-reactive ketones (excluding diaryl/α,β-unsaturated/α-hetero) is 1. The maximum atomic E-state index is 12.5. The molecule has 0 aliphatic rings. The second-order valence-corrected chi connectivity index (χ2v) is 5.98. The molecule has 132 valence electrons. The van der Waals surface area contributed by atoms with E-state index in [-0.39, 0.29) is 29.1 Å². The van der Waals surface area contributed by atoms with E-state index in [2.05, 4.69) is 5.32 Å². The van der Waals surface area contributed by atoms with Crippen molar-refractivity contribution in [1.29, 1.82) is 0 Å². The Morgan fingerprint density at radius 3 is 2.16 bits per heavy atom. The number of rotatable bonds is 5. The molecular formula is C20H23NO4. The summed E-state index contributed by atoms with van der Waals surface area (Å²) in [5, 5.41) is 13.9.